The van der Waals surface area contributed by atoms with Gasteiger partial charge in [-0.2, -0.15) is 0 Å². The van der Waals surface area contributed by atoms with E-state index in [-0.39, 0.29) is 29.3 Å². The van der Waals surface area contributed by atoms with Crippen LogP contribution in [0.1, 0.15) is 65.8 Å². The number of pyridine rings is 3. The molecule has 0 saturated carbocycles. The van der Waals surface area contributed by atoms with Gasteiger partial charge in [-0.3, -0.25) is 43.8 Å². The van der Waals surface area contributed by atoms with Gasteiger partial charge >= 0.3 is 5.69 Å². The van der Waals surface area contributed by atoms with Crippen molar-refractivity contribution < 1.29 is 14.4 Å². The van der Waals surface area contributed by atoms with Crippen molar-refractivity contribution in [1.29, 1.82) is 0 Å². The standard InChI is InChI=1S/C44H39N7O4/c1-25(2)34-18-31(21-39-41(34)51(4)44(55)50(39)3)32-7-5-6-29-20-37(47-24-35(29)32)30-12-14-36(46-23-30)43(54)48-22-26-8-10-27(11-9-26)28-16-17-45-38(19-28)33-13-15-40(52)49-42(33)53/h5-12,14,16-21,23-25,33H,13,15,22H2,1-4H3,(H,48,54)(H,49,52,53). The molecule has 0 spiro atoms. The van der Waals surface area contributed by atoms with Crippen molar-refractivity contribution in [1.82, 2.24) is 34.7 Å². The Morgan fingerprint density at radius 3 is 2.38 bits per heavy atom. The molecule has 2 N–H and O–H groups in total. The third-order valence-corrected chi connectivity index (χ3v) is 10.5. The topological polar surface area (TPSA) is 141 Å². The average Bonchev–Trinajstić information content (AvgIpc) is 3.42. The first kappa shape index (κ1) is 35.3. The van der Waals surface area contributed by atoms with Crippen molar-refractivity contribution in [3.05, 3.63) is 137 Å². The number of amides is 3. The number of carbonyl (C=O) groups excluding carboxylic acids is 3. The van der Waals surface area contributed by atoms with Crippen LogP contribution in [0.25, 0.3) is 55.3 Å². The van der Waals surface area contributed by atoms with Crippen LogP contribution in [-0.4, -0.2) is 41.8 Å². The lowest BCUT2D eigenvalue weighted by molar-refractivity contribution is -0.134. The van der Waals surface area contributed by atoms with E-state index in [0.29, 0.717) is 30.8 Å². The lowest BCUT2D eigenvalue weighted by Crippen LogP contribution is -2.39. The van der Waals surface area contributed by atoms with E-state index in [1.165, 1.54) is 0 Å². The van der Waals surface area contributed by atoms with Crippen molar-refractivity contribution in [3.8, 4) is 33.5 Å². The van der Waals surface area contributed by atoms with Crippen LogP contribution in [0.4, 0.5) is 0 Å². The number of hydrogen-bond acceptors (Lipinski definition) is 7. The third-order valence-electron chi connectivity index (χ3n) is 10.5. The summed E-state index contributed by atoms with van der Waals surface area (Å²) < 4.78 is 3.43. The predicted octanol–water partition coefficient (Wildman–Crippen LogP) is 6.79. The number of imidazole rings is 1. The molecule has 1 atom stereocenters. The summed E-state index contributed by atoms with van der Waals surface area (Å²) >= 11 is 0. The summed E-state index contributed by atoms with van der Waals surface area (Å²) in [5.41, 5.74) is 10.2. The number of hydrogen-bond donors (Lipinski definition) is 2. The van der Waals surface area contributed by atoms with Gasteiger partial charge in [-0.15, -0.1) is 0 Å². The van der Waals surface area contributed by atoms with Gasteiger partial charge in [-0.1, -0.05) is 56.3 Å². The maximum absolute atomic E-state index is 13.1. The molecule has 1 saturated heterocycles. The second-order valence-corrected chi connectivity index (χ2v) is 14.4. The Hall–Kier alpha value is -6.75. The first-order valence-corrected chi connectivity index (χ1v) is 18.3. The number of carbonyl (C=O) groups is 3. The monoisotopic (exact) mass is 729 g/mol. The summed E-state index contributed by atoms with van der Waals surface area (Å²) in [5, 5.41) is 7.36. The van der Waals surface area contributed by atoms with Crippen LogP contribution >= 0.6 is 0 Å². The van der Waals surface area contributed by atoms with E-state index >= 15 is 0 Å². The van der Waals surface area contributed by atoms with E-state index in [2.05, 4.69) is 58.7 Å². The molecule has 11 nitrogen and oxygen atoms in total. The highest BCUT2D eigenvalue weighted by Gasteiger charge is 2.29. The Balaban J connectivity index is 0.952. The summed E-state index contributed by atoms with van der Waals surface area (Å²) in [7, 11) is 3.63. The smallest absolute Gasteiger partial charge is 0.328 e. The van der Waals surface area contributed by atoms with Crippen LogP contribution < -0.4 is 16.3 Å². The second kappa shape index (κ2) is 14.2. The minimum absolute atomic E-state index is 0.0480. The molecule has 1 aliphatic heterocycles. The fourth-order valence-electron chi connectivity index (χ4n) is 7.42. The molecule has 274 valence electrons. The van der Waals surface area contributed by atoms with Gasteiger partial charge in [0.1, 0.15) is 5.69 Å². The fraction of sp³-hybridized carbons (Fsp3) is 0.205. The van der Waals surface area contributed by atoms with E-state index in [1.807, 2.05) is 74.9 Å². The van der Waals surface area contributed by atoms with E-state index in [1.54, 1.807) is 27.6 Å². The first-order chi connectivity index (χ1) is 26.5. The summed E-state index contributed by atoms with van der Waals surface area (Å²) in [6.07, 6.45) is 5.95. The molecule has 1 fully saturated rings. The zero-order valence-electron chi connectivity index (χ0n) is 31.0. The summed E-state index contributed by atoms with van der Waals surface area (Å²) in [5.74, 6) is -1.08. The van der Waals surface area contributed by atoms with Crippen LogP contribution in [0.2, 0.25) is 0 Å². The normalized spacial score (nSPS) is 14.5. The number of nitrogens with one attached hydrogen (secondary N) is 2. The quantitative estimate of drug-likeness (QED) is 0.164. The number of fused-ring (bicyclic) bond motifs is 2. The second-order valence-electron chi connectivity index (χ2n) is 14.4. The summed E-state index contributed by atoms with van der Waals surface area (Å²) in [6.45, 7) is 4.61. The molecule has 1 aliphatic rings. The van der Waals surface area contributed by atoms with Gasteiger partial charge in [0.15, 0.2) is 0 Å². The molecule has 1 unspecified atom stereocenters. The minimum atomic E-state index is -0.452. The van der Waals surface area contributed by atoms with Crippen molar-refractivity contribution in [2.24, 2.45) is 14.1 Å². The largest absolute Gasteiger partial charge is 0.347 e. The Labute approximate surface area is 317 Å². The van der Waals surface area contributed by atoms with Crippen molar-refractivity contribution in [3.63, 3.8) is 0 Å². The highest BCUT2D eigenvalue weighted by Crippen LogP contribution is 2.35. The number of rotatable bonds is 8. The van der Waals surface area contributed by atoms with Crippen molar-refractivity contribution in [2.45, 2.75) is 45.1 Å². The average molecular weight is 730 g/mol. The number of nitrogens with zero attached hydrogens (tertiary/aromatic N) is 5. The van der Waals surface area contributed by atoms with Crippen LogP contribution in [0.5, 0.6) is 0 Å². The third kappa shape index (κ3) is 6.69. The van der Waals surface area contributed by atoms with E-state index in [9.17, 15) is 19.2 Å². The van der Waals surface area contributed by atoms with Crippen LogP contribution in [0.3, 0.4) is 0 Å². The van der Waals surface area contributed by atoms with Gasteiger partial charge in [-0.05, 0) is 93.6 Å². The van der Waals surface area contributed by atoms with Crippen LogP contribution in [0, 0.1) is 0 Å². The number of aromatic nitrogens is 5. The van der Waals surface area contributed by atoms with Crippen LogP contribution in [-0.2, 0) is 30.2 Å². The molecule has 0 aliphatic carbocycles. The van der Waals surface area contributed by atoms with Gasteiger partial charge in [0.2, 0.25) is 11.8 Å². The molecule has 55 heavy (non-hydrogen) atoms. The Morgan fingerprint density at radius 2 is 1.64 bits per heavy atom. The Kier molecular flexibility index (Phi) is 9.14. The maximum Gasteiger partial charge on any atom is 0.328 e. The molecule has 7 aromatic rings. The van der Waals surface area contributed by atoms with Crippen LogP contribution in [0.15, 0.2) is 108 Å². The summed E-state index contributed by atoms with van der Waals surface area (Å²) in [6, 6.07) is 27.6. The SMILES string of the molecule is CC(C)c1cc(-c2cccc3cc(-c4ccc(C(=O)NCc5ccc(-c6ccnc(C7CCC(=O)NC7=O)c6)cc5)nc4)ncc23)cc2c1n(C)c(=O)n2C. The molecule has 3 amide bonds. The minimum Gasteiger partial charge on any atom is -0.347 e. The fourth-order valence-corrected chi connectivity index (χ4v) is 7.42. The molecule has 0 bridgehead atoms. The van der Waals surface area contributed by atoms with E-state index in [0.717, 1.165) is 66.4 Å². The molecule has 3 aromatic carbocycles. The molecule has 4 aromatic heterocycles. The summed E-state index contributed by atoms with van der Waals surface area (Å²) in [4.78, 5) is 63.4. The lowest BCUT2D eigenvalue weighted by atomic mass is 9.92. The number of imide groups is 1. The lowest BCUT2D eigenvalue weighted by Gasteiger charge is -2.20. The zero-order valence-corrected chi connectivity index (χ0v) is 31.0. The van der Waals surface area contributed by atoms with Gasteiger partial charge in [-0.25, -0.2) is 4.79 Å². The maximum atomic E-state index is 13.1. The molecular weight excluding hydrogens is 691 g/mol. The molecular formula is C44H39N7O4. The predicted molar refractivity (Wildman–Crippen MR) is 212 cm³/mol. The van der Waals surface area contributed by atoms with E-state index in [4.69, 9.17) is 4.98 Å². The zero-order chi connectivity index (χ0) is 38.4. The van der Waals surface area contributed by atoms with Crippen molar-refractivity contribution >= 4 is 39.5 Å². The Bertz CT molecular complexity index is 2710. The highest BCUT2D eigenvalue weighted by molar-refractivity contribution is 6.01. The Morgan fingerprint density at radius 1 is 0.836 bits per heavy atom. The number of aryl methyl sites for hydroxylation is 2. The van der Waals surface area contributed by atoms with Crippen molar-refractivity contribution in [2.75, 3.05) is 0 Å². The van der Waals surface area contributed by atoms with E-state index < -0.39 is 5.92 Å². The molecule has 0 radical (unpaired) electrons. The van der Waals surface area contributed by atoms with Gasteiger partial charge < -0.3 is 5.32 Å². The molecule has 5 heterocycles. The first-order valence-electron chi connectivity index (χ1n) is 18.3. The molecule has 8 rings (SSSR count). The number of benzene rings is 3. The highest BCUT2D eigenvalue weighted by atomic mass is 16.2. The van der Waals surface area contributed by atoms with Gasteiger partial charge in [0.25, 0.3) is 5.91 Å². The molecule has 11 heteroatoms. The van der Waals surface area contributed by atoms with Gasteiger partial charge in [0.05, 0.1) is 28.3 Å². The van der Waals surface area contributed by atoms with Gasteiger partial charge in [0, 0.05) is 56.6 Å². The number of piperidine rings is 1.